The second kappa shape index (κ2) is 6.74. The van der Waals surface area contributed by atoms with Gasteiger partial charge >= 0.3 is 18.2 Å². The molecule has 118 valence electrons. The number of carboxylic acids is 1. The monoisotopic (exact) mass is 325 g/mol. The van der Waals surface area contributed by atoms with Crippen molar-refractivity contribution < 1.29 is 27.9 Å². The minimum absolute atomic E-state index is 0.00711. The number of nitrogens with zero attached hydrogens (tertiary/aromatic N) is 2. The number of aliphatic carboxylic acids is 1. The fourth-order valence-corrected chi connectivity index (χ4v) is 2.12. The average Bonchev–Trinajstić information content (AvgIpc) is 2.84. The third-order valence-corrected chi connectivity index (χ3v) is 3.40. The number of hydrogen-bond acceptors (Lipinski definition) is 4. The van der Waals surface area contributed by atoms with E-state index in [9.17, 15) is 22.8 Å². The molecule has 1 rings (SSSR count). The molecule has 0 aromatic carbocycles. The van der Waals surface area contributed by atoms with Crippen molar-refractivity contribution in [3.05, 3.63) is 16.1 Å². The van der Waals surface area contributed by atoms with Crippen LogP contribution in [0.1, 0.15) is 17.6 Å². The number of amides is 2. The molecular weight excluding hydrogens is 311 g/mol. The van der Waals surface area contributed by atoms with E-state index in [4.69, 9.17) is 5.11 Å². The number of urea groups is 1. The third kappa shape index (κ3) is 5.21. The van der Waals surface area contributed by atoms with Gasteiger partial charge < -0.3 is 15.3 Å². The summed E-state index contributed by atoms with van der Waals surface area (Å²) in [7, 11) is 1.40. The van der Waals surface area contributed by atoms with Gasteiger partial charge in [-0.1, -0.05) is 6.92 Å². The summed E-state index contributed by atoms with van der Waals surface area (Å²) in [6.45, 7) is 1.29. The molecule has 0 bridgehead atoms. The molecule has 1 aromatic heterocycles. The number of alkyl halides is 3. The first kappa shape index (κ1) is 17.2. The van der Waals surface area contributed by atoms with Gasteiger partial charge in [0.05, 0.1) is 12.5 Å². The number of hydrogen-bond donors (Lipinski definition) is 2. The van der Waals surface area contributed by atoms with E-state index in [0.717, 1.165) is 21.6 Å². The summed E-state index contributed by atoms with van der Waals surface area (Å²) in [5, 5.41) is 12.1. The summed E-state index contributed by atoms with van der Waals surface area (Å²) in [5.74, 6) is -1.78. The van der Waals surface area contributed by atoms with Crippen molar-refractivity contribution in [2.45, 2.75) is 19.6 Å². The van der Waals surface area contributed by atoms with Gasteiger partial charge in [0.2, 0.25) is 0 Å². The minimum atomic E-state index is -4.51. The van der Waals surface area contributed by atoms with Crippen molar-refractivity contribution in [3.8, 4) is 0 Å². The minimum Gasteiger partial charge on any atom is -0.481 e. The molecule has 6 nitrogen and oxygen atoms in total. The Morgan fingerprint density at radius 2 is 2.14 bits per heavy atom. The highest BCUT2D eigenvalue weighted by molar-refractivity contribution is 7.09. The van der Waals surface area contributed by atoms with E-state index in [2.05, 4.69) is 10.3 Å². The molecule has 1 unspecified atom stereocenters. The predicted octanol–water partition coefficient (Wildman–Crippen LogP) is 2.02. The number of carbonyl (C=O) groups is 2. The molecule has 0 radical (unpaired) electrons. The molecule has 10 heteroatoms. The molecule has 1 aromatic rings. The lowest BCUT2D eigenvalue weighted by molar-refractivity contribution is -0.142. The maximum absolute atomic E-state index is 12.3. The van der Waals surface area contributed by atoms with Crippen LogP contribution in [0.4, 0.5) is 18.0 Å². The molecular formula is C11H14F3N3O3S. The summed E-state index contributed by atoms with van der Waals surface area (Å²) in [4.78, 5) is 26.8. The zero-order valence-electron chi connectivity index (χ0n) is 11.3. The highest BCUT2D eigenvalue weighted by Gasteiger charge is 2.33. The first-order valence-electron chi connectivity index (χ1n) is 5.84. The smallest absolute Gasteiger partial charge is 0.434 e. The van der Waals surface area contributed by atoms with Crippen LogP contribution in [0.2, 0.25) is 0 Å². The molecule has 0 saturated heterocycles. The number of nitrogens with one attached hydrogen (secondary N) is 1. The molecule has 21 heavy (non-hydrogen) atoms. The number of thiazole rings is 1. The Hall–Kier alpha value is -1.84. The Labute approximate surface area is 122 Å². The van der Waals surface area contributed by atoms with Gasteiger partial charge in [-0.25, -0.2) is 9.78 Å². The van der Waals surface area contributed by atoms with Crippen LogP contribution >= 0.6 is 11.3 Å². The average molecular weight is 325 g/mol. The fourth-order valence-electron chi connectivity index (χ4n) is 1.38. The van der Waals surface area contributed by atoms with Gasteiger partial charge in [0, 0.05) is 19.0 Å². The highest BCUT2D eigenvalue weighted by Crippen LogP contribution is 2.29. The van der Waals surface area contributed by atoms with Crippen molar-refractivity contribution in [3.63, 3.8) is 0 Å². The van der Waals surface area contributed by atoms with Crippen LogP contribution in [0, 0.1) is 5.92 Å². The lowest BCUT2D eigenvalue weighted by Crippen LogP contribution is -2.40. The van der Waals surface area contributed by atoms with E-state index >= 15 is 0 Å². The highest BCUT2D eigenvalue weighted by atomic mass is 32.1. The van der Waals surface area contributed by atoms with E-state index in [-0.39, 0.29) is 18.1 Å². The summed E-state index contributed by atoms with van der Waals surface area (Å²) < 4.78 is 37.0. The number of carboxylic acid groups (broad SMARTS) is 1. The number of halogens is 3. The lowest BCUT2D eigenvalue weighted by atomic mass is 10.2. The molecule has 0 aliphatic carbocycles. The zero-order chi connectivity index (χ0) is 16.2. The van der Waals surface area contributed by atoms with Crippen LogP contribution in [0.15, 0.2) is 5.38 Å². The van der Waals surface area contributed by atoms with E-state index in [1.54, 1.807) is 0 Å². The van der Waals surface area contributed by atoms with Gasteiger partial charge in [0.15, 0.2) is 5.69 Å². The standard InChI is InChI=1S/C11H14F3N3O3S/c1-6(9(18)19)4-17(2)10(20)15-3-8-16-7(5-21-8)11(12,13)14/h5-6H,3-4H2,1-2H3,(H,15,20)(H,18,19). The molecule has 0 aliphatic heterocycles. The number of aromatic nitrogens is 1. The van der Waals surface area contributed by atoms with Crippen LogP contribution in [-0.2, 0) is 17.5 Å². The van der Waals surface area contributed by atoms with Crippen molar-refractivity contribution in [2.75, 3.05) is 13.6 Å². The molecule has 0 saturated carbocycles. The van der Waals surface area contributed by atoms with Gasteiger partial charge in [-0.2, -0.15) is 13.2 Å². The molecule has 1 atom stereocenters. The van der Waals surface area contributed by atoms with Crippen LogP contribution in [-0.4, -0.2) is 40.6 Å². The number of rotatable bonds is 5. The Balaban J connectivity index is 2.49. The Morgan fingerprint density at radius 3 is 2.62 bits per heavy atom. The molecule has 0 spiro atoms. The second-order valence-corrected chi connectivity index (χ2v) is 5.35. The van der Waals surface area contributed by atoms with E-state index < -0.39 is 29.8 Å². The van der Waals surface area contributed by atoms with Crippen LogP contribution in [0.25, 0.3) is 0 Å². The second-order valence-electron chi connectivity index (χ2n) is 4.40. The fraction of sp³-hybridized carbons (Fsp3) is 0.545. The van der Waals surface area contributed by atoms with Crippen LogP contribution < -0.4 is 5.32 Å². The van der Waals surface area contributed by atoms with Gasteiger partial charge in [-0.05, 0) is 0 Å². The van der Waals surface area contributed by atoms with Crippen molar-refractivity contribution in [1.82, 2.24) is 15.2 Å². The first-order chi connectivity index (χ1) is 9.61. The Morgan fingerprint density at radius 1 is 1.52 bits per heavy atom. The SMILES string of the molecule is CC(CN(C)C(=O)NCc1nc(C(F)(F)F)cs1)C(=O)O. The van der Waals surface area contributed by atoms with Crippen molar-refractivity contribution in [2.24, 2.45) is 5.92 Å². The largest absolute Gasteiger partial charge is 0.481 e. The first-order valence-corrected chi connectivity index (χ1v) is 6.72. The topological polar surface area (TPSA) is 82.5 Å². The third-order valence-electron chi connectivity index (χ3n) is 2.55. The van der Waals surface area contributed by atoms with Gasteiger partial charge in [0.1, 0.15) is 5.01 Å². The zero-order valence-corrected chi connectivity index (χ0v) is 12.1. The van der Waals surface area contributed by atoms with Gasteiger partial charge in [-0.15, -0.1) is 11.3 Å². The van der Waals surface area contributed by atoms with Crippen LogP contribution in [0.3, 0.4) is 0 Å². The van der Waals surface area contributed by atoms with Crippen molar-refractivity contribution in [1.29, 1.82) is 0 Å². The summed E-state index contributed by atoms with van der Waals surface area (Å²) in [5.41, 5.74) is -0.996. The summed E-state index contributed by atoms with van der Waals surface area (Å²) in [6.07, 6.45) is -4.51. The van der Waals surface area contributed by atoms with Gasteiger partial charge in [0.25, 0.3) is 0 Å². The Bertz CT molecular complexity index is 518. The molecule has 2 amide bonds. The summed E-state index contributed by atoms with van der Waals surface area (Å²) in [6, 6.07) is -0.577. The van der Waals surface area contributed by atoms with E-state index in [1.165, 1.54) is 14.0 Å². The van der Waals surface area contributed by atoms with E-state index in [0.29, 0.717) is 0 Å². The molecule has 2 N–H and O–H groups in total. The predicted molar refractivity (Wildman–Crippen MR) is 68.8 cm³/mol. The molecule has 0 aliphatic rings. The van der Waals surface area contributed by atoms with Crippen LogP contribution in [0.5, 0.6) is 0 Å². The maximum atomic E-state index is 12.3. The molecule has 0 fully saturated rings. The van der Waals surface area contributed by atoms with Gasteiger partial charge in [-0.3, -0.25) is 4.79 Å². The van der Waals surface area contributed by atoms with Crippen molar-refractivity contribution >= 4 is 23.3 Å². The Kier molecular flexibility index (Phi) is 5.53. The normalized spacial score (nSPS) is 12.8. The lowest BCUT2D eigenvalue weighted by Gasteiger charge is -2.19. The molecule has 1 heterocycles. The maximum Gasteiger partial charge on any atom is 0.434 e. The summed E-state index contributed by atoms with van der Waals surface area (Å²) >= 11 is 0.790. The number of carbonyl (C=O) groups excluding carboxylic acids is 1. The van der Waals surface area contributed by atoms with E-state index in [1.807, 2.05) is 0 Å². The quantitative estimate of drug-likeness (QED) is 0.868.